The molecular formula is C27H24Cl3N3. The van der Waals surface area contributed by atoms with Crippen molar-refractivity contribution in [3.8, 4) is 0 Å². The van der Waals surface area contributed by atoms with Crippen molar-refractivity contribution in [3.05, 3.63) is 104 Å². The van der Waals surface area contributed by atoms with Crippen LogP contribution in [0.2, 0.25) is 15.1 Å². The number of hydrogen-bond donors (Lipinski definition) is 0. The maximum atomic E-state index is 7.21. The Balaban J connectivity index is 1.41. The zero-order chi connectivity index (χ0) is 23.0. The second-order valence-electron chi connectivity index (χ2n) is 9.03. The molecule has 3 nitrogen and oxygen atoms in total. The van der Waals surface area contributed by atoms with E-state index in [-0.39, 0.29) is 11.5 Å². The van der Waals surface area contributed by atoms with Crippen molar-refractivity contribution in [2.75, 3.05) is 31.1 Å². The number of halogens is 3. The number of benzene rings is 3. The van der Waals surface area contributed by atoms with Crippen molar-refractivity contribution in [1.29, 1.82) is 0 Å². The van der Waals surface area contributed by atoms with E-state index >= 15 is 0 Å². The monoisotopic (exact) mass is 495 g/mol. The minimum absolute atomic E-state index is 0.162. The van der Waals surface area contributed by atoms with Crippen LogP contribution >= 0.6 is 34.8 Å². The maximum Gasteiger partial charge on any atom is 0.187 e. The van der Waals surface area contributed by atoms with Crippen LogP contribution < -0.4 is 4.90 Å². The number of piperazine rings is 1. The molecule has 168 valence electrons. The van der Waals surface area contributed by atoms with Crippen LogP contribution in [0.1, 0.15) is 30.0 Å². The first-order valence-electron chi connectivity index (χ1n) is 11.1. The van der Waals surface area contributed by atoms with Crippen LogP contribution in [-0.2, 0) is 5.41 Å². The molecule has 1 atom stereocenters. The molecule has 1 saturated heterocycles. The lowest BCUT2D eigenvalue weighted by Gasteiger charge is -2.44. The molecule has 1 saturated carbocycles. The predicted molar refractivity (Wildman–Crippen MR) is 138 cm³/mol. The van der Waals surface area contributed by atoms with Gasteiger partial charge in [-0.3, -0.25) is 4.90 Å². The van der Waals surface area contributed by atoms with Crippen molar-refractivity contribution in [1.82, 2.24) is 4.90 Å². The average molecular weight is 497 g/mol. The molecule has 0 radical (unpaired) electrons. The Hall–Kier alpha value is -2.22. The van der Waals surface area contributed by atoms with Gasteiger partial charge in [0.1, 0.15) is 0 Å². The summed E-state index contributed by atoms with van der Waals surface area (Å²) in [5.41, 5.74) is 4.48. The van der Waals surface area contributed by atoms with E-state index in [0.717, 1.165) is 36.9 Å². The lowest BCUT2D eigenvalue weighted by atomic mass is 9.93. The molecule has 0 N–H and O–H groups in total. The van der Waals surface area contributed by atoms with Crippen molar-refractivity contribution >= 4 is 46.2 Å². The zero-order valence-electron chi connectivity index (χ0n) is 18.1. The summed E-state index contributed by atoms with van der Waals surface area (Å²) >= 11 is 19.0. The molecular weight excluding hydrogens is 473 g/mol. The summed E-state index contributed by atoms with van der Waals surface area (Å²) in [7, 11) is 0. The first-order valence-corrected chi connectivity index (χ1v) is 12.3. The van der Waals surface area contributed by atoms with E-state index in [0.29, 0.717) is 15.7 Å². The van der Waals surface area contributed by atoms with Gasteiger partial charge < -0.3 is 4.90 Å². The minimum Gasteiger partial charge on any atom is -0.361 e. The molecule has 3 aromatic rings. The van der Waals surface area contributed by atoms with Crippen LogP contribution in [0.25, 0.3) is 4.85 Å². The van der Waals surface area contributed by atoms with Crippen LogP contribution in [0.15, 0.2) is 66.7 Å². The standard InChI is InChI=1S/C27H24Cl3N3/c1-31-23-9-4-20(5-10-23)27(12-13-27)18-32-14-15-33(25-11-8-22(29)16-24(25)30)26(17-32)19-2-6-21(28)7-3-19/h2-11,16,26H,12-15,17-18H2. The summed E-state index contributed by atoms with van der Waals surface area (Å²) in [4.78, 5) is 8.50. The van der Waals surface area contributed by atoms with E-state index in [2.05, 4.69) is 38.9 Å². The third kappa shape index (κ3) is 4.72. The summed E-state index contributed by atoms with van der Waals surface area (Å²) < 4.78 is 0. The van der Waals surface area contributed by atoms with E-state index in [1.165, 1.54) is 24.0 Å². The van der Waals surface area contributed by atoms with Crippen LogP contribution in [-0.4, -0.2) is 31.1 Å². The normalized spacial score (nSPS) is 19.8. The Morgan fingerprint density at radius 1 is 0.879 bits per heavy atom. The SMILES string of the molecule is [C-]#[N+]c1ccc(C2(CN3CCN(c4ccc(Cl)cc4Cl)C(c4ccc(Cl)cc4)C3)CC2)cc1. The van der Waals surface area contributed by atoms with Gasteiger partial charge in [0.15, 0.2) is 5.69 Å². The number of rotatable bonds is 5. The Bertz CT molecular complexity index is 1180. The molecule has 0 aromatic heterocycles. The average Bonchev–Trinajstić information content (AvgIpc) is 3.60. The number of anilines is 1. The lowest BCUT2D eigenvalue weighted by Crippen LogP contribution is -2.50. The summed E-state index contributed by atoms with van der Waals surface area (Å²) in [6.07, 6.45) is 2.39. The van der Waals surface area contributed by atoms with Gasteiger partial charge in [-0.25, -0.2) is 4.85 Å². The van der Waals surface area contributed by atoms with Crippen LogP contribution in [0.4, 0.5) is 11.4 Å². The van der Waals surface area contributed by atoms with Crippen molar-refractivity contribution in [3.63, 3.8) is 0 Å². The van der Waals surface area contributed by atoms with E-state index in [4.69, 9.17) is 41.4 Å². The molecule has 0 bridgehead atoms. The summed E-state index contributed by atoms with van der Waals surface area (Å²) in [6, 6.07) is 22.2. The highest BCUT2D eigenvalue weighted by atomic mass is 35.5. The van der Waals surface area contributed by atoms with Crippen molar-refractivity contribution < 1.29 is 0 Å². The Morgan fingerprint density at radius 2 is 1.58 bits per heavy atom. The topological polar surface area (TPSA) is 10.8 Å². The third-order valence-corrected chi connectivity index (χ3v) is 7.72. The fraction of sp³-hybridized carbons (Fsp3) is 0.296. The second kappa shape index (κ2) is 9.20. The largest absolute Gasteiger partial charge is 0.361 e. The molecule has 2 aliphatic rings. The molecule has 2 fully saturated rings. The summed E-state index contributed by atoms with van der Waals surface area (Å²) in [5, 5.41) is 2.06. The van der Waals surface area contributed by atoms with Crippen LogP contribution in [0.3, 0.4) is 0 Å². The summed E-state index contributed by atoms with van der Waals surface area (Å²) in [5.74, 6) is 0. The summed E-state index contributed by atoms with van der Waals surface area (Å²) in [6.45, 7) is 11.0. The molecule has 0 amide bonds. The Kier molecular flexibility index (Phi) is 6.29. The smallest absolute Gasteiger partial charge is 0.187 e. The van der Waals surface area contributed by atoms with Gasteiger partial charge in [-0.15, -0.1) is 0 Å². The first kappa shape index (κ1) is 22.6. The molecule has 3 aromatic carbocycles. The zero-order valence-corrected chi connectivity index (χ0v) is 20.4. The lowest BCUT2D eigenvalue weighted by molar-refractivity contribution is 0.205. The van der Waals surface area contributed by atoms with Gasteiger partial charge in [0.05, 0.1) is 23.3 Å². The molecule has 1 unspecified atom stereocenters. The van der Waals surface area contributed by atoms with E-state index in [9.17, 15) is 0 Å². The minimum atomic E-state index is 0.162. The van der Waals surface area contributed by atoms with E-state index < -0.39 is 0 Å². The molecule has 6 heteroatoms. The molecule has 33 heavy (non-hydrogen) atoms. The van der Waals surface area contributed by atoms with Gasteiger partial charge in [-0.2, -0.15) is 0 Å². The van der Waals surface area contributed by atoms with E-state index in [1.54, 1.807) is 0 Å². The van der Waals surface area contributed by atoms with Gasteiger partial charge in [0, 0.05) is 41.6 Å². The quantitative estimate of drug-likeness (QED) is 0.334. The predicted octanol–water partition coefficient (Wildman–Crippen LogP) is 7.79. The van der Waals surface area contributed by atoms with E-state index in [1.807, 2.05) is 42.5 Å². The van der Waals surface area contributed by atoms with Crippen molar-refractivity contribution in [2.45, 2.75) is 24.3 Å². The fourth-order valence-corrected chi connectivity index (χ4v) is 5.61. The van der Waals surface area contributed by atoms with Gasteiger partial charge >= 0.3 is 0 Å². The van der Waals surface area contributed by atoms with Gasteiger partial charge in [-0.1, -0.05) is 71.2 Å². The highest BCUT2D eigenvalue weighted by Crippen LogP contribution is 2.49. The highest BCUT2D eigenvalue weighted by molar-refractivity contribution is 6.36. The van der Waals surface area contributed by atoms with Crippen LogP contribution in [0.5, 0.6) is 0 Å². The maximum absolute atomic E-state index is 7.21. The first-order chi connectivity index (χ1) is 16.0. The van der Waals surface area contributed by atoms with Crippen LogP contribution in [0, 0.1) is 6.57 Å². The number of nitrogens with zero attached hydrogens (tertiary/aromatic N) is 3. The Morgan fingerprint density at radius 3 is 2.21 bits per heavy atom. The fourth-order valence-electron chi connectivity index (χ4n) is 4.96. The van der Waals surface area contributed by atoms with Gasteiger partial charge in [0.25, 0.3) is 0 Å². The van der Waals surface area contributed by atoms with Gasteiger partial charge in [0.2, 0.25) is 0 Å². The molecule has 1 aliphatic heterocycles. The van der Waals surface area contributed by atoms with Crippen molar-refractivity contribution in [2.24, 2.45) is 0 Å². The molecule has 1 heterocycles. The molecule has 0 spiro atoms. The van der Waals surface area contributed by atoms with Gasteiger partial charge in [-0.05, 0) is 54.3 Å². The third-order valence-electron chi connectivity index (χ3n) is 6.93. The molecule has 1 aliphatic carbocycles. The Labute approximate surface area is 210 Å². The number of hydrogen-bond acceptors (Lipinski definition) is 2. The highest BCUT2D eigenvalue weighted by Gasteiger charge is 2.46. The second-order valence-corrected chi connectivity index (χ2v) is 10.3. The molecule has 5 rings (SSSR count).